The number of hydrogen-bond donors (Lipinski definition) is 2. The molecule has 0 amide bonds. The first kappa shape index (κ1) is 20.2. The van der Waals surface area contributed by atoms with Gasteiger partial charge in [-0.3, -0.25) is 0 Å². The summed E-state index contributed by atoms with van der Waals surface area (Å²) < 4.78 is 1.05. The van der Waals surface area contributed by atoms with E-state index in [4.69, 9.17) is 0 Å². The third-order valence-corrected chi connectivity index (χ3v) is 7.34. The molecule has 2 aliphatic rings. The molecular formula is C27H25N5S. The normalized spacial score (nSPS) is 17.1. The monoisotopic (exact) mass is 451 g/mol. The van der Waals surface area contributed by atoms with Gasteiger partial charge in [0.05, 0.1) is 21.1 Å². The Balaban J connectivity index is 1.22. The lowest BCUT2D eigenvalue weighted by atomic mass is 10.1. The molecule has 6 rings (SSSR count). The van der Waals surface area contributed by atoms with Crippen molar-refractivity contribution < 1.29 is 0 Å². The molecule has 0 bridgehead atoms. The zero-order chi connectivity index (χ0) is 22.0. The standard InChI is InChI=1S/C27H25N5S/c1-2-5-19(6-3-1)17-32-14-12-20-15-22(9-11-25(20)32)31-27-26-24(29-18-30-27)16-23(33-26)10-8-21-7-4-13-28-21/h1-3,5-6,9,11,15-16,18,21,28H,4,7,12-14,17H2,(H,29,30,31)/t21-/m0/s1. The van der Waals surface area contributed by atoms with E-state index in [1.807, 2.05) is 0 Å². The minimum atomic E-state index is 0.312. The number of rotatable bonds is 4. The van der Waals surface area contributed by atoms with Crippen molar-refractivity contribution in [3.63, 3.8) is 0 Å². The summed E-state index contributed by atoms with van der Waals surface area (Å²) in [6, 6.07) is 19.7. The molecule has 4 heterocycles. The molecule has 2 aromatic carbocycles. The van der Waals surface area contributed by atoms with Gasteiger partial charge in [-0.15, -0.1) is 11.3 Å². The number of nitrogens with one attached hydrogen (secondary N) is 2. The molecule has 1 fully saturated rings. The van der Waals surface area contributed by atoms with Gasteiger partial charge in [0.2, 0.25) is 0 Å². The van der Waals surface area contributed by atoms with E-state index < -0.39 is 0 Å². The van der Waals surface area contributed by atoms with E-state index in [1.165, 1.54) is 23.2 Å². The van der Waals surface area contributed by atoms with Gasteiger partial charge in [0.25, 0.3) is 0 Å². The summed E-state index contributed by atoms with van der Waals surface area (Å²) in [5.74, 6) is 7.53. The average Bonchev–Trinajstić information content (AvgIpc) is 3.59. The third-order valence-electron chi connectivity index (χ3n) is 6.29. The molecule has 2 aliphatic heterocycles. The Morgan fingerprint density at radius 3 is 2.94 bits per heavy atom. The molecule has 6 heteroatoms. The van der Waals surface area contributed by atoms with Gasteiger partial charge in [-0.05, 0) is 61.2 Å². The summed E-state index contributed by atoms with van der Waals surface area (Å²) in [7, 11) is 0. The highest BCUT2D eigenvalue weighted by molar-refractivity contribution is 7.20. The Hall–Kier alpha value is -3.40. The van der Waals surface area contributed by atoms with Gasteiger partial charge in [0.1, 0.15) is 6.33 Å². The summed E-state index contributed by atoms with van der Waals surface area (Å²) in [4.78, 5) is 12.5. The third kappa shape index (κ3) is 4.30. The van der Waals surface area contributed by atoms with E-state index in [0.29, 0.717) is 6.04 Å². The van der Waals surface area contributed by atoms with Crippen LogP contribution in [0.1, 0.15) is 28.8 Å². The van der Waals surface area contributed by atoms with Gasteiger partial charge in [-0.1, -0.05) is 42.2 Å². The van der Waals surface area contributed by atoms with E-state index in [-0.39, 0.29) is 0 Å². The van der Waals surface area contributed by atoms with E-state index in [0.717, 1.165) is 59.1 Å². The summed E-state index contributed by atoms with van der Waals surface area (Å²) in [5, 5.41) is 6.96. The minimum absolute atomic E-state index is 0.312. The van der Waals surface area contributed by atoms with Crippen LogP contribution in [0.2, 0.25) is 0 Å². The molecular weight excluding hydrogens is 426 g/mol. The summed E-state index contributed by atoms with van der Waals surface area (Å²) in [5.41, 5.74) is 6.05. The second-order valence-corrected chi connectivity index (χ2v) is 9.64. The first-order valence-electron chi connectivity index (χ1n) is 11.5. The van der Waals surface area contributed by atoms with Crippen LogP contribution >= 0.6 is 11.3 Å². The number of aromatic nitrogens is 2. The van der Waals surface area contributed by atoms with Crippen LogP contribution in [0.5, 0.6) is 0 Å². The smallest absolute Gasteiger partial charge is 0.151 e. The molecule has 0 saturated carbocycles. The molecule has 33 heavy (non-hydrogen) atoms. The van der Waals surface area contributed by atoms with E-state index in [9.17, 15) is 0 Å². The molecule has 1 saturated heterocycles. The predicted molar refractivity (Wildman–Crippen MR) is 136 cm³/mol. The Morgan fingerprint density at radius 2 is 2.06 bits per heavy atom. The lowest BCUT2D eigenvalue weighted by molar-refractivity contribution is 0.749. The number of nitrogens with zero attached hydrogens (tertiary/aromatic N) is 3. The van der Waals surface area contributed by atoms with Crippen molar-refractivity contribution in [1.82, 2.24) is 15.3 Å². The number of hydrogen-bond acceptors (Lipinski definition) is 6. The van der Waals surface area contributed by atoms with Crippen LogP contribution in [0.4, 0.5) is 17.2 Å². The van der Waals surface area contributed by atoms with Crippen molar-refractivity contribution in [2.75, 3.05) is 23.3 Å². The largest absolute Gasteiger partial charge is 0.367 e. The fourth-order valence-corrected chi connectivity index (χ4v) is 5.54. The van der Waals surface area contributed by atoms with E-state index >= 15 is 0 Å². The van der Waals surface area contributed by atoms with Crippen LogP contribution in [-0.2, 0) is 13.0 Å². The molecule has 2 aromatic heterocycles. The van der Waals surface area contributed by atoms with Crippen LogP contribution in [0.3, 0.4) is 0 Å². The summed E-state index contributed by atoms with van der Waals surface area (Å²) in [6.07, 6.45) is 5.02. The maximum Gasteiger partial charge on any atom is 0.151 e. The highest BCUT2D eigenvalue weighted by atomic mass is 32.1. The van der Waals surface area contributed by atoms with Gasteiger partial charge in [-0.25, -0.2) is 9.97 Å². The fourth-order valence-electron chi connectivity index (χ4n) is 4.62. The van der Waals surface area contributed by atoms with Gasteiger partial charge in [0.15, 0.2) is 5.82 Å². The van der Waals surface area contributed by atoms with E-state index in [1.54, 1.807) is 17.7 Å². The number of fused-ring (bicyclic) bond motifs is 2. The molecule has 0 aliphatic carbocycles. The average molecular weight is 452 g/mol. The van der Waals surface area contributed by atoms with E-state index in [2.05, 4.69) is 91.9 Å². The second kappa shape index (κ2) is 8.86. The Bertz CT molecular complexity index is 1350. The molecule has 2 N–H and O–H groups in total. The van der Waals surface area contributed by atoms with Crippen LogP contribution in [0, 0.1) is 11.8 Å². The molecule has 0 unspecified atom stereocenters. The summed E-state index contributed by atoms with van der Waals surface area (Å²) >= 11 is 1.66. The van der Waals surface area contributed by atoms with Crippen molar-refractivity contribution in [2.45, 2.75) is 31.8 Å². The van der Waals surface area contributed by atoms with Gasteiger partial charge in [-0.2, -0.15) is 0 Å². The van der Waals surface area contributed by atoms with Gasteiger partial charge in [0, 0.05) is 24.5 Å². The second-order valence-electron chi connectivity index (χ2n) is 8.59. The van der Waals surface area contributed by atoms with Crippen molar-refractivity contribution in [2.24, 2.45) is 0 Å². The number of anilines is 3. The lowest BCUT2D eigenvalue weighted by Gasteiger charge is -2.19. The maximum atomic E-state index is 4.53. The Labute approximate surface area is 197 Å². The lowest BCUT2D eigenvalue weighted by Crippen LogP contribution is -2.19. The van der Waals surface area contributed by atoms with Crippen LogP contribution in [-0.4, -0.2) is 29.1 Å². The van der Waals surface area contributed by atoms with Crippen molar-refractivity contribution in [1.29, 1.82) is 0 Å². The number of benzene rings is 2. The molecule has 0 spiro atoms. The highest BCUT2D eigenvalue weighted by Gasteiger charge is 2.20. The quantitative estimate of drug-likeness (QED) is 0.423. The Morgan fingerprint density at radius 1 is 1.12 bits per heavy atom. The zero-order valence-electron chi connectivity index (χ0n) is 18.3. The zero-order valence-corrected chi connectivity index (χ0v) is 19.2. The van der Waals surface area contributed by atoms with Gasteiger partial charge < -0.3 is 15.5 Å². The topological polar surface area (TPSA) is 53.1 Å². The Kier molecular flexibility index (Phi) is 5.43. The molecule has 0 radical (unpaired) electrons. The van der Waals surface area contributed by atoms with Crippen LogP contribution in [0.25, 0.3) is 10.2 Å². The van der Waals surface area contributed by atoms with Gasteiger partial charge >= 0.3 is 0 Å². The molecule has 4 aromatic rings. The van der Waals surface area contributed by atoms with Crippen molar-refractivity contribution in [3.8, 4) is 11.8 Å². The van der Waals surface area contributed by atoms with Crippen LogP contribution in [0.15, 0.2) is 60.9 Å². The van der Waals surface area contributed by atoms with Crippen molar-refractivity contribution in [3.05, 3.63) is 76.9 Å². The predicted octanol–water partition coefficient (Wildman–Crippen LogP) is 5.10. The molecule has 5 nitrogen and oxygen atoms in total. The van der Waals surface area contributed by atoms with Crippen molar-refractivity contribution >= 4 is 38.7 Å². The first-order chi connectivity index (χ1) is 16.3. The van der Waals surface area contributed by atoms with Crippen LogP contribution < -0.4 is 15.5 Å². The fraction of sp³-hybridized carbons (Fsp3) is 0.259. The highest BCUT2D eigenvalue weighted by Crippen LogP contribution is 2.34. The SMILES string of the molecule is C(#C[C@@H]1CCCN1)c1cc2ncnc(Nc3ccc4c(c3)CCN4Cc3ccccc3)c2s1. The first-order valence-corrected chi connectivity index (χ1v) is 12.3. The maximum absolute atomic E-state index is 4.53. The molecule has 1 atom stereocenters. The minimum Gasteiger partial charge on any atom is -0.367 e. The number of thiophene rings is 1. The molecule has 164 valence electrons. The summed E-state index contributed by atoms with van der Waals surface area (Å²) in [6.45, 7) is 3.06.